The molecule has 0 radical (unpaired) electrons. The van der Waals surface area contributed by atoms with Crippen LogP contribution in [0.25, 0.3) is 0 Å². The molecule has 0 spiro atoms. The Morgan fingerprint density at radius 3 is 2.77 bits per heavy atom. The third kappa shape index (κ3) is 8.75. The second-order valence-corrected chi connectivity index (χ2v) is 8.50. The lowest BCUT2D eigenvalue weighted by molar-refractivity contribution is 0.0243. The van der Waals surface area contributed by atoms with Crippen LogP contribution >= 0.6 is 24.0 Å². The molecule has 3 rings (SSSR count). The minimum atomic E-state index is -0.0941. The van der Waals surface area contributed by atoms with Crippen LogP contribution in [0, 0.1) is 0 Å². The van der Waals surface area contributed by atoms with E-state index in [0.29, 0.717) is 19.2 Å². The van der Waals surface area contributed by atoms with Crippen LogP contribution < -0.4 is 15.4 Å². The van der Waals surface area contributed by atoms with Crippen molar-refractivity contribution in [1.82, 2.24) is 15.5 Å². The van der Waals surface area contributed by atoms with Gasteiger partial charge < -0.3 is 24.8 Å². The van der Waals surface area contributed by atoms with Crippen LogP contribution in [0.15, 0.2) is 29.3 Å². The highest BCUT2D eigenvalue weighted by molar-refractivity contribution is 14.0. The first kappa shape index (κ1) is 26.2. The third-order valence-corrected chi connectivity index (χ3v) is 6.04. The second-order valence-electron chi connectivity index (χ2n) is 8.50. The largest absolute Gasteiger partial charge is 0.492 e. The van der Waals surface area contributed by atoms with Crippen LogP contribution in [0.2, 0.25) is 0 Å². The van der Waals surface area contributed by atoms with Crippen LogP contribution in [0.5, 0.6) is 5.75 Å². The van der Waals surface area contributed by atoms with Crippen molar-refractivity contribution in [3.05, 3.63) is 29.8 Å². The standard InChI is InChI=1S/C23H38N4O3.HI/c1-23(10-5-12-30-23)18-26-22(24-2)25-17-19-6-4-7-21(16-19)29-15-11-27(3)20-8-13-28-14-9-20;/h4,6-7,16,20H,5,8-15,17-18H2,1-3H3,(H2,24,25,26);1H. The zero-order chi connectivity index (χ0) is 21.2. The van der Waals surface area contributed by atoms with Gasteiger partial charge in [-0.2, -0.15) is 0 Å². The van der Waals surface area contributed by atoms with Gasteiger partial charge in [-0.25, -0.2) is 0 Å². The Kier molecular flexibility index (Phi) is 11.3. The minimum Gasteiger partial charge on any atom is -0.492 e. The van der Waals surface area contributed by atoms with E-state index in [-0.39, 0.29) is 29.6 Å². The first-order chi connectivity index (χ1) is 14.6. The Morgan fingerprint density at radius 1 is 1.26 bits per heavy atom. The van der Waals surface area contributed by atoms with E-state index < -0.39 is 0 Å². The summed E-state index contributed by atoms with van der Waals surface area (Å²) in [7, 11) is 3.97. The molecule has 0 bridgehead atoms. The van der Waals surface area contributed by atoms with E-state index >= 15 is 0 Å². The van der Waals surface area contributed by atoms with E-state index in [1.807, 2.05) is 12.1 Å². The fourth-order valence-corrected chi connectivity index (χ4v) is 4.01. The average molecular weight is 546 g/mol. The highest BCUT2D eigenvalue weighted by Crippen LogP contribution is 2.23. The maximum absolute atomic E-state index is 6.01. The van der Waals surface area contributed by atoms with Crippen LogP contribution in [0.3, 0.4) is 0 Å². The zero-order valence-electron chi connectivity index (χ0n) is 19.2. The van der Waals surface area contributed by atoms with E-state index in [9.17, 15) is 0 Å². The molecule has 1 aromatic rings. The molecule has 2 aliphatic heterocycles. The number of nitrogens with zero attached hydrogens (tertiary/aromatic N) is 2. The van der Waals surface area contributed by atoms with Crippen LogP contribution in [0.4, 0.5) is 0 Å². The number of halogens is 1. The molecule has 2 heterocycles. The van der Waals surface area contributed by atoms with Gasteiger partial charge in [-0.3, -0.25) is 9.89 Å². The van der Waals surface area contributed by atoms with Gasteiger partial charge in [0, 0.05) is 52.5 Å². The molecule has 1 aromatic carbocycles. The van der Waals surface area contributed by atoms with Crippen molar-refractivity contribution in [3.63, 3.8) is 0 Å². The number of hydrogen-bond acceptors (Lipinski definition) is 5. The molecule has 2 fully saturated rings. The van der Waals surface area contributed by atoms with Gasteiger partial charge in [0.25, 0.3) is 0 Å². The lowest BCUT2D eigenvalue weighted by Crippen LogP contribution is -2.45. The topological polar surface area (TPSA) is 67.4 Å². The number of likely N-dealkylation sites (N-methyl/N-ethyl adjacent to an activating group) is 1. The average Bonchev–Trinajstić information content (AvgIpc) is 3.21. The molecule has 0 aromatic heterocycles. The molecule has 1 unspecified atom stereocenters. The first-order valence-electron chi connectivity index (χ1n) is 11.2. The predicted octanol–water partition coefficient (Wildman–Crippen LogP) is 3.03. The van der Waals surface area contributed by atoms with Gasteiger partial charge in [0.15, 0.2) is 5.96 Å². The van der Waals surface area contributed by atoms with Crippen molar-refractivity contribution in [3.8, 4) is 5.75 Å². The number of nitrogens with one attached hydrogen (secondary N) is 2. The maximum atomic E-state index is 6.01. The summed E-state index contributed by atoms with van der Waals surface area (Å²) in [4.78, 5) is 6.71. The molecule has 0 aliphatic carbocycles. The summed E-state index contributed by atoms with van der Waals surface area (Å²) in [5.41, 5.74) is 1.07. The number of rotatable bonds is 9. The molecule has 176 valence electrons. The SMILES string of the molecule is CN=C(NCc1cccc(OCCN(C)C2CCOCC2)c1)NCC1(C)CCCO1.I. The molecule has 0 saturated carbocycles. The Balaban J connectivity index is 0.00000341. The summed E-state index contributed by atoms with van der Waals surface area (Å²) in [6.07, 6.45) is 4.43. The van der Waals surface area contributed by atoms with Crippen LogP contribution in [-0.4, -0.2) is 76.1 Å². The Morgan fingerprint density at radius 2 is 2.06 bits per heavy atom. The quantitative estimate of drug-likeness (QED) is 0.282. The predicted molar refractivity (Wildman–Crippen MR) is 136 cm³/mol. The van der Waals surface area contributed by atoms with Crippen molar-refractivity contribution >= 4 is 29.9 Å². The molecule has 0 amide bonds. The van der Waals surface area contributed by atoms with Gasteiger partial charge in [0.2, 0.25) is 0 Å². The van der Waals surface area contributed by atoms with Crippen molar-refractivity contribution in [1.29, 1.82) is 0 Å². The summed E-state index contributed by atoms with van der Waals surface area (Å²) < 4.78 is 17.3. The molecule has 2 N–H and O–H groups in total. The Bertz CT molecular complexity index is 677. The Hall–Kier alpha value is -1.10. The van der Waals surface area contributed by atoms with Crippen molar-refractivity contribution in [2.75, 3.05) is 53.6 Å². The first-order valence-corrected chi connectivity index (χ1v) is 11.2. The molecule has 7 nitrogen and oxygen atoms in total. The van der Waals surface area contributed by atoms with E-state index in [1.165, 1.54) is 0 Å². The summed E-state index contributed by atoms with van der Waals surface area (Å²) in [6, 6.07) is 8.86. The highest BCUT2D eigenvalue weighted by Gasteiger charge is 2.29. The number of hydrogen-bond donors (Lipinski definition) is 2. The number of ether oxygens (including phenoxy) is 3. The van der Waals surface area contributed by atoms with Gasteiger partial charge in [-0.05, 0) is 57.4 Å². The molecule has 2 aliphatic rings. The smallest absolute Gasteiger partial charge is 0.191 e. The molecule has 8 heteroatoms. The number of benzene rings is 1. The van der Waals surface area contributed by atoms with Crippen molar-refractivity contribution in [2.45, 2.75) is 50.8 Å². The molecular weight excluding hydrogens is 507 g/mol. The zero-order valence-corrected chi connectivity index (χ0v) is 21.5. The molecule has 2 saturated heterocycles. The normalized spacial score (nSPS) is 22.3. The minimum absolute atomic E-state index is 0. The van der Waals surface area contributed by atoms with E-state index in [1.54, 1.807) is 7.05 Å². The highest BCUT2D eigenvalue weighted by atomic mass is 127. The summed E-state index contributed by atoms with van der Waals surface area (Å²) in [5.74, 6) is 1.70. The van der Waals surface area contributed by atoms with Gasteiger partial charge >= 0.3 is 0 Å². The van der Waals surface area contributed by atoms with Gasteiger partial charge in [0.1, 0.15) is 12.4 Å². The number of guanidine groups is 1. The Labute approximate surface area is 204 Å². The monoisotopic (exact) mass is 546 g/mol. The fraction of sp³-hybridized carbons (Fsp3) is 0.696. The van der Waals surface area contributed by atoms with E-state index in [4.69, 9.17) is 14.2 Å². The lowest BCUT2D eigenvalue weighted by atomic mass is 10.0. The van der Waals surface area contributed by atoms with Crippen LogP contribution in [-0.2, 0) is 16.0 Å². The summed E-state index contributed by atoms with van der Waals surface area (Å²) in [6.45, 7) is 7.80. The number of aliphatic imine (C=N–C) groups is 1. The van der Waals surface area contributed by atoms with Crippen molar-refractivity contribution < 1.29 is 14.2 Å². The van der Waals surface area contributed by atoms with Crippen LogP contribution in [0.1, 0.15) is 38.2 Å². The van der Waals surface area contributed by atoms with Gasteiger partial charge in [0.05, 0.1) is 5.60 Å². The summed E-state index contributed by atoms with van der Waals surface area (Å²) >= 11 is 0. The fourth-order valence-electron chi connectivity index (χ4n) is 4.01. The second kappa shape index (κ2) is 13.4. The lowest BCUT2D eigenvalue weighted by Gasteiger charge is -2.31. The molecular formula is C23H39IN4O3. The molecule has 1 atom stereocenters. The third-order valence-electron chi connectivity index (χ3n) is 6.04. The van der Waals surface area contributed by atoms with Gasteiger partial charge in [-0.15, -0.1) is 24.0 Å². The maximum Gasteiger partial charge on any atom is 0.191 e. The van der Waals surface area contributed by atoms with E-state index in [0.717, 1.165) is 75.9 Å². The van der Waals surface area contributed by atoms with Crippen molar-refractivity contribution in [2.24, 2.45) is 4.99 Å². The molecule has 31 heavy (non-hydrogen) atoms. The van der Waals surface area contributed by atoms with Gasteiger partial charge in [-0.1, -0.05) is 12.1 Å². The summed E-state index contributed by atoms with van der Waals surface area (Å²) in [5, 5.41) is 6.76. The van der Waals surface area contributed by atoms with E-state index in [2.05, 4.69) is 46.6 Å².